The van der Waals surface area contributed by atoms with Gasteiger partial charge in [0.25, 0.3) is 0 Å². The summed E-state index contributed by atoms with van der Waals surface area (Å²) in [5.41, 5.74) is 0. The van der Waals surface area contributed by atoms with Crippen molar-refractivity contribution in [3.8, 4) is 5.75 Å². The molecule has 1 fully saturated rings. The molecule has 2 rings (SSSR count). The van der Waals surface area contributed by atoms with Gasteiger partial charge in [-0.25, -0.2) is 0 Å². The van der Waals surface area contributed by atoms with Gasteiger partial charge in [-0.3, -0.25) is 9.79 Å². The molecule has 0 aromatic heterocycles. The number of nitrogens with zero attached hydrogens (tertiary/aromatic N) is 2. The summed E-state index contributed by atoms with van der Waals surface area (Å²) < 4.78 is 5.68. The summed E-state index contributed by atoms with van der Waals surface area (Å²) in [5.74, 6) is 2.39. The molecular weight excluding hydrogens is 304 g/mol. The van der Waals surface area contributed by atoms with E-state index in [1.54, 1.807) is 14.1 Å². The standard InChI is InChI=1S/C18H28N4O2/c1-19-17(23)14-15-8-11-22(12-9-15)18(20-2)21-10-13-24-16-6-4-3-5-7-16/h3-7,15H,8-14H2,1-2H3,(H,19,23)(H,20,21). The smallest absolute Gasteiger partial charge is 0.220 e. The van der Waals surface area contributed by atoms with Crippen molar-refractivity contribution >= 4 is 11.9 Å². The Hall–Kier alpha value is -2.24. The third kappa shape index (κ3) is 5.76. The first-order chi connectivity index (χ1) is 11.7. The lowest BCUT2D eigenvalue weighted by atomic mass is 9.93. The zero-order valence-electron chi connectivity index (χ0n) is 14.6. The van der Waals surface area contributed by atoms with Crippen molar-refractivity contribution in [3.63, 3.8) is 0 Å². The fourth-order valence-corrected chi connectivity index (χ4v) is 2.89. The van der Waals surface area contributed by atoms with Gasteiger partial charge < -0.3 is 20.3 Å². The van der Waals surface area contributed by atoms with E-state index in [1.807, 2.05) is 30.3 Å². The number of nitrogens with one attached hydrogen (secondary N) is 2. The van der Waals surface area contributed by atoms with Crippen molar-refractivity contribution in [1.29, 1.82) is 0 Å². The molecule has 1 aliphatic rings. The van der Waals surface area contributed by atoms with E-state index in [9.17, 15) is 4.79 Å². The second-order valence-electron chi connectivity index (χ2n) is 5.94. The van der Waals surface area contributed by atoms with Crippen LogP contribution in [0.2, 0.25) is 0 Å². The van der Waals surface area contributed by atoms with Gasteiger partial charge in [0.1, 0.15) is 12.4 Å². The molecule has 1 saturated heterocycles. The van der Waals surface area contributed by atoms with Crippen LogP contribution in [0, 0.1) is 5.92 Å². The number of carbonyl (C=O) groups is 1. The van der Waals surface area contributed by atoms with Crippen molar-refractivity contribution in [3.05, 3.63) is 30.3 Å². The highest BCUT2D eigenvalue weighted by atomic mass is 16.5. The summed E-state index contributed by atoms with van der Waals surface area (Å²) in [7, 11) is 3.50. The van der Waals surface area contributed by atoms with Crippen LogP contribution in [0.3, 0.4) is 0 Å². The molecular formula is C18H28N4O2. The molecule has 0 atom stereocenters. The summed E-state index contributed by atoms with van der Waals surface area (Å²) in [6, 6.07) is 9.80. The van der Waals surface area contributed by atoms with Gasteiger partial charge in [0.2, 0.25) is 5.91 Å². The summed E-state index contributed by atoms with van der Waals surface area (Å²) in [6.07, 6.45) is 2.67. The van der Waals surface area contributed by atoms with Crippen LogP contribution in [0.15, 0.2) is 35.3 Å². The summed E-state index contributed by atoms with van der Waals surface area (Å²) >= 11 is 0. The number of carbonyl (C=O) groups excluding carboxylic acids is 1. The lowest BCUT2D eigenvalue weighted by Crippen LogP contribution is -2.46. The Morgan fingerprint density at radius 1 is 1.29 bits per heavy atom. The van der Waals surface area contributed by atoms with Gasteiger partial charge in [-0.15, -0.1) is 0 Å². The lowest BCUT2D eigenvalue weighted by molar-refractivity contribution is -0.121. The SMILES string of the molecule is CN=C(NCCOc1ccccc1)N1CCC(CC(=O)NC)CC1. The first-order valence-electron chi connectivity index (χ1n) is 8.57. The van der Waals surface area contributed by atoms with Crippen molar-refractivity contribution < 1.29 is 9.53 Å². The first kappa shape index (κ1) is 18.1. The van der Waals surface area contributed by atoms with Crippen molar-refractivity contribution in [2.75, 3.05) is 40.3 Å². The Morgan fingerprint density at radius 2 is 2.00 bits per heavy atom. The second-order valence-corrected chi connectivity index (χ2v) is 5.94. The van der Waals surface area contributed by atoms with Crippen molar-refractivity contribution in [1.82, 2.24) is 15.5 Å². The fourth-order valence-electron chi connectivity index (χ4n) is 2.89. The van der Waals surface area contributed by atoms with E-state index in [4.69, 9.17) is 4.74 Å². The minimum absolute atomic E-state index is 0.133. The average molecular weight is 332 g/mol. The Balaban J connectivity index is 1.68. The van der Waals surface area contributed by atoms with Crippen LogP contribution in [0.5, 0.6) is 5.75 Å². The van der Waals surface area contributed by atoms with Crippen molar-refractivity contribution in [2.45, 2.75) is 19.3 Å². The number of guanidine groups is 1. The molecule has 6 nitrogen and oxygen atoms in total. The maximum atomic E-state index is 11.5. The number of amides is 1. The van der Waals surface area contributed by atoms with Crippen LogP contribution in [-0.2, 0) is 4.79 Å². The third-order valence-corrected chi connectivity index (χ3v) is 4.28. The maximum Gasteiger partial charge on any atom is 0.220 e. The molecule has 132 valence electrons. The number of likely N-dealkylation sites (tertiary alicyclic amines) is 1. The summed E-state index contributed by atoms with van der Waals surface area (Å²) in [6.45, 7) is 3.16. The monoisotopic (exact) mass is 332 g/mol. The van der Waals surface area contributed by atoms with E-state index >= 15 is 0 Å². The predicted molar refractivity (Wildman–Crippen MR) is 96.3 cm³/mol. The average Bonchev–Trinajstić information content (AvgIpc) is 2.63. The predicted octanol–water partition coefficient (Wildman–Crippen LogP) is 1.49. The molecule has 1 amide bonds. The highest BCUT2D eigenvalue weighted by molar-refractivity contribution is 5.80. The summed E-state index contributed by atoms with van der Waals surface area (Å²) in [5, 5.41) is 6.05. The molecule has 0 spiro atoms. The highest BCUT2D eigenvalue weighted by Gasteiger charge is 2.22. The molecule has 0 aliphatic carbocycles. The van der Waals surface area contributed by atoms with Crippen LogP contribution >= 0.6 is 0 Å². The number of ether oxygens (including phenoxy) is 1. The van der Waals surface area contributed by atoms with E-state index in [-0.39, 0.29) is 5.91 Å². The van der Waals surface area contributed by atoms with Crippen LogP contribution in [0.1, 0.15) is 19.3 Å². The van der Waals surface area contributed by atoms with Crippen LogP contribution in [0.25, 0.3) is 0 Å². The third-order valence-electron chi connectivity index (χ3n) is 4.28. The summed E-state index contributed by atoms with van der Waals surface area (Å²) in [4.78, 5) is 18.1. The molecule has 24 heavy (non-hydrogen) atoms. The zero-order chi connectivity index (χ0) is 17.2. The van der Waals surface area contributed by atoms with E-state index < -0.39 is 0 Å². The van der Waals surface area contributed by atoms with E-state index in [0.717, 1.165) is 37.6 Å². The number of hydrogen-bond donors (Lipinski definition) is 2. The molecule has 6 heteroatoms. The molecule has 1 aromatic carbocycles. The number of piperidine rings is 1. The normalized spacial score (nSPS) is 15.9. The topological polar surface area (TPSA) is 66.0 Å². The minimum Gasteiger partial charge on any atom is -0.492 e. The van der Waals surface area contributed by atoms with Gasteiger partial charge in [0.15, 0.2) is 5.96 Å². The molecule has 1 heterocycles. The minimum atomic E-state index is 0.133. The molecule has 1 aliphatic heterocycles. The lowest BCUT2D eigenvalue weighted by Gasteiger charge is -2.34. The van der Waals surface area contributed by atoms with Crippen LogP contribution in [0.4, 0.5) is 0 Å². The second kappa shape index (κ2) is 9.80. The zero-order valence-corrected chi connectivity index (χ0v) is 14.6. The Labute approximate surface area is 144 Å². The Morgan fingerprint density at radius 3 is 2.62 bits per heavy atom. The van der Waals surface area contributed by atoms with E-state index in [1.165, 1.54) is 0 Å². The van der Waals surface area contributed by atoms with Gasteiger partial charge in [-0.1, -0.05) is 18.2 Å². The van der Waals surface area contributed by atoms with Gasteiger partial charge in [-0.2, -0.15) is 0 Å². The van der Waals surface area contributed by atoms with Gasteiger partial charge in [0.05, 0.1) is 6.54 Å². The largest absolute Gasteiger partial charge is 0.492 e. The molecule has 0 bridgehead atoms. The molecule has 1 aromatic rings. The van der Waals surface area contributed by atoms with E-state index in [0.29, 0.717) is 25.5 Å². The number of para-hydroxylation sites is 1. The van der Waals surface area contributed by atoms with Gasteiger partial charge in [-0.05, 0) is 30.9 Å². The van der Waals surface area contributed by atoms with Gasteiger partial charge >= 0.3 is 0 Å². The van der Waals surface area contributed by atoms with Gasteiger partial charge in [0, 0.05) is 33.6 Å². The Kier molecular flexibility index (Phi) is 7.39. The highest BCUT2D eigenvalue weighted by Crippen LogP contribution is 2.20. The fraction of sp³-hybridized carbons (Fsp3) is 0.556. The maximum absolute atomic E-state index is 11.5. The number of aliphatic imine (C=N–C) groups is 1. The van der Waals surface area contributed by atoms with E-state index in [2.05, 4.69) is 20.5 Å². The van der Waals surface area contributed by atoms with Crippen LogP contribution in [-0.4, -0.2) is 57.1 Å². The molecule has 0 radical (unpaired) electrons. The molecule has 0 saturated carbocycles. The quantitative estimate of drug-likeness (QED) is 0.471. The number of benzene rings is 1. The Bertz CT molecular complexity index is 525. The molecule has 2 N–H and O–H groups in total. The molecule has 0 unspecified atom stereocenters. The number of rotatable bonds is 6. The number of hydrogen-bond acceptors (Lipinski definition) is 3. The first-order valence-corrected chi connectivity index (χ1v) is 8.57. The van der Waals surface area contributed by atoms with Crippen molar-refractivity contribution in [2.24, 2.45) is 10.9 Å². The van der Waals surface area contributed by atoms with Crippen LogP contribution < -0.4 is 15.4 Å².